The monoisotopic (exact) mass is 297 g/mol. The van der Waals surface area contributed by atoms with Crippen molar-refractivity contribution in [3.05, 3.63) is 66.2 Å². The van der Waals surface area contributed by atoms with Crippen LogP contribution in [0.1, 0.15) is 38.8 Å². The van der Waals surface area contributed by atoms with E-state index < -0.39 is 0 Å². The molecule has 1 saturated heterocycles. The zero-order chi connectivity index (χ0) is 15.6. The maximum atomic E-state index is 6.10. The molecule has 116 valence electrons. The van der Waals surface area contributed by atoms with E-state index in [-0.39, 0.29) is 17.9 Å². The predicted molar refractivity (Wildman–Crippen MR) is 88.4 cm³/mol. The van der Waals surface area contributed by atoms with Gasteiger partial charge in [-0.1, -0.05) is 48.5 Å². The van der Waals surface area contributed by atoms with Crippen molar-refractivity contribution >= 4 is 5.69 Å². The van der Waals surface area contributed by atoms with Crippen LogP contribution in [-0.2, 0) is 9.57 Å². The van der Waals surface area contributed by atoms with E-state index in [2.05, 4.69) is 57.2 Å². The molecule has 1 aliphatic rings. The fourth-order valence-corrected chi connectivity index (χ4v) is 2.75. The summed E-state index contributed by atoms with van der Waals surface area (Å²) >= 11 is 0. The number of benzene rings is 2. The average Bonchev–Trinajstić information content (AvgIpc) is 2.91. The number of hydroxylamine groups is 1. The maximum absolute atomic E-state index is 6.10. The molecule has 3 rings (SSSR count). The van der Waals surface area contributed by atoms with Crippen LogP contribution in [0.15, 0.2) is 60.7 Å². The zero-order valence-corrected chi connectivity index (χ0v) is 13.4. The summed E-state index contributed by atoms with van der Waals surface area (Å²) in [6, 6.07) is 20.8. The lowest BCUT2D eigenvalue weighted by atomic mass is 10.0. The van der Waals surface area contributed by atoms with Gasteiger partial charge in [-0.25, -0.2) is 9.90 Å². The number of nitrogens with zero attached hydrogens (tertiary/aromatic N) is 1. The molecule has 22 heavy (non-hydrogen) atoms. The molecule has 3 heteroatoms. The SMILES string of the molecule is CC(C)(C)OC1C[C@H](c2ccccc2)N(c2ccccc2)O1. The van der Waals surface area contributed by atoms with Crippen molar-refractivity contribution in [3.63, 3.8) is 0 Å². The summed E-state index contributed by atoms with van der Waals surface area (Å²) in [5.74, 6) is 0. The summed E-state index contributed by atoms with van der Waals surface area (Å²) < 4.78 is 6.04. The molecule has 0 aromatic heterocycles. The molecule has 0 aliphatic carbocycles. The van der Waals surface area contributed by atoms with E-state index in [1.807, 2.05) is 29.3 Å². The van der Waals surface area contributed by atoms with Crippen molar-refractivity contribution < 1.29 is 9.57 Å². The summed E-state index contributed by atoms with van der Waals surface area (Å²) in [5.41, 5.74) is 2.07. The Kier molecular flexibility index (Phi) is 4.19. The van der Waals surface area contributed by atoms with Gasteiger partial charge in [-0.2, -0.15) is 0 Å². The first kappa shape index (κ1) is 15.1. The minimum Gasteiger partial charge on any atom is -0.344 e. The van der Waals surface area contributed by atoms with Gasteiger partial charge in [0.05, 0.1) is 17.3 Å². The third-order valence-electron chi connectivity index (χ3n) is 3.61. The van der Waals surface area contributed by atoms with Crippen molar-refractivity contribution in [2.45, 2.75) is 45.1 Å². The number of para-hydroxylation sites is 1. The molecule has 0 amide bonds. The molecular formula is C19H23NO2. The molecule has 0 saturated carbocycles. The molecule has 0 bridgehead atoms. The molecule has 3 nitrogen and oxygen atoms in total. The van der Waals surface area contributed by atoms with E-state index in [0.717, 1.165) is 12.1 Å². The second-order valence-corrected chi connectivity index (χ2v) is 6.59. The number of hydrogen-bond acceptors (Lipinski definition) is 3. The molecule has 1 fully saturated rings. The molecule has 2 aromatic carbocycles. The summed E-state index contributed by atoms with van der Waals surface area (Å²) in [5, 5.41) is 1.98. The van der Waals surface area contributed by atoms with E-state index >= 15 is 0 Å². The Balaban J connectivity index is 1.87. The Bertz CT molecular complexity index is 544. The van der Waals surface area contributed by atoms with Crippen LogP contribution < -0.4 is 5.06 Å². The van der Waals surface area contributed by atoms with Gasteiger partial charge in [0.1, 0.15) is 0 Å². The van der Waals surface area contributed by atoms with Crippen LogP contribution in [-0.4, -0.2) is 11.9 Å². The van der Waals surface area contributed by atoms with Crippen LogP contribution in [0, 0.1) is 0 Å². The van der Waals surface area contributed by atoms with Gasteiger partial charge in [0.15, 0.2) is 6.29 Å². The molecule has 0 spiro atoms. The first-order chi connectivity index (χ1) is 10.5. The van der Waals surface area contributed by atoms with Crippen LogP contribution >= 0.6 is 0 Å². The Labute approximate surface area is 132 Å². The molecule has 1 heterocycles. The Hall–Kier alpha value is -1.84. The lowest BCUT2D eigenvalue weighted by molar-refractivity contribution is -0.176. The molecule has 2 atom stereocenters. The third-order valence-corrected chi connectivity index (χ3v) is 3.61. The van der Waals surface area contributed by atoms with E-state index in [1.165, 1.54) is 5.56 Å². The predicted octanol–water partition coefficient (Wildman–Crippen LogP) is 4.71. The van der Waals surface area contributed by atoms with Crippen molar-refractivity contribution in [1.82, 2.24) is 0 Å². The molecule has 1 aliphatic heterocycles. The first-order valence-electron chi connectivity index (χ1n) is 7.77. The van der Waals surface area contributed by atoms with Gasteiger partial charge in [0.2, 0.25) is 0 Å². The van der Waals surface area contributed by atoms with E-state index in [4.69, 9.17) is 9.57 Å². The van der Waals surface area contributed by atoms with Crippen LogP contribution in [0.25, 0.3) is 0 Å². The van der Waals surface area contributed by atoms with Crippen molar-refractivity contribution in [2.75, 3.05) is 5.06 Å². The molecule has 0 radical (unpaired) electrons. The Morgan fingerprint density at radius 2 is 1.55 bits per heavy atom. The van der Waals surface area contributed by atoms with Gasteiger partial charge in [-0.05, 0) is 38.5 Å². The van der Waals surface area contributed by atoms with Gasteiger partial charge in [-0.15, -0.1) is 0 Å². The smallest absolute Gasteiger partial charge is 0.186 e. The number of rotatable bonds is 3. The quantitative estimate of drug-likeness (QED) is 0.819. The van der Waals surface area contributed by atoms with E-state index in [1.54, 1.807) is 0 Å². The first-order valence-corrected chi connectivity index (χ1v) is 7.77. The van der Waals surface area contributed by atoms with Gasteiger partial charge >= 0.3 is 0 Å². The molecule has 0 N–H and O–H groups in total. The van der Waals surface area contributed by atoms with Crippen LogP contribution in [0.4, 0.5) is 5.69 Å². The average molecular weight is 297 g/mol. The molecule has 2 aromatic rings. The minimum absolute atomic E-state index is 0.163. The summed E-state index contributed by atoms with van der Waals surface area (Å²) in [6.45, 7) is 6.16. The highest BCUT2D eigenvalue weighted by molar-refractivity contribution is 5.47. The molecule has 1 unspecified atom stereocenters. The van der Waals surface area contributed by atoms with Gasteiger partial charge in [0.25, 0.3) is 0 Å². The maximum Gasteiger partial charge on any atom is 0.186 e. The van der Waals surface area contributed by atoms with Crippen molar-refractivity contribution in [1.29, 1.82) is 0 Å². The van der Waals surface area contributed by atoms with Crippen LogP contribution in [0.2, 0.25) is 0 Å². The fraction of sp³-hybridized carbons (Fsp3) is 0.368. The Morgan fingerprint density at radius 1 is 0.955 bits per heavy atom. The van der Waals surface area contributed by atoms with E-state index in [9.17, 15) is 0 Å². The normalized spacial score (nSPS) is 22.0. The lowest BCUT2D eigenvalue weighted by Crippen LogP contribution is -2.28. The van der Waals surface area contributed by atoms with Gasteiger partial charge in [0, 0.05) is 6.42 Å². The Morgan fingerprint density at radius 3 is 2.14 bits per heavy atom. The zero-order valence-electron chi connectivity index (χ0n) is 13.4. The van der Waals surface area contributed by atoms with Gasteiger partial charge < -0.3 is 4.74 Å². The van der Waals surface area contributed by atoms with E-state index in [0.29, 0.717) is 0 Å². The number of hydrogen-bond donors (Lipinski definition) is 0. The summed E-state index contributed by atoms with van der Waals surface area (Å²) in [4.78, 5) is 6.10. The second-order valence-electron chi connectivity index (χ2n) is 6.59. The number of anilines is 1. The minimum atomic E-state index is -0.231. The summed E-state index contributed by atoms with van der Waals surface area (Å²) in [6.07, 6.45) is 0.585. The number of ether oxygens (including phenoxy) is 1. The molecular weight excluding hydrogens is 274 g/mol. The largest absolute Gasteiger partial charge is 0.344 e. The lowest BCUT2D eigenvalue weighted by Gasteiger charge is -2.26. The van der Waals surface area contributed by atoms with Crippen molar-refractivity contribution in [2.24, 2.45) is 0 Å². The topological polar surface area (TPSA) is 21.7 Å². The fourth-order valence-electron chi connectivity index (χ4n) is 2.75. The standard InChI is InChI=1S/C19H23NO2/c1-19(2,3)21-18-14-17(15-10-6-4-7-11-15)20(22-18)16-12-8-5-9-13-16/h4-13,17-18H,14H2,1-3H3/t17-,18?/m1/s1. The highest BCUT2D eigenvalue weighted by Crippen LogP contribution is 2.39. The summed E-state index contributed by atoms with van der Waals surface area (Å²) in [7, 11) is 0. The highest BCUT2D eigenvalue weighted by atomic mass is 16.8. The van der Waals surface area contributed by atoms with Crippen LogP contribution in [0.3, 0.4) is 0 Å². The van der Waals surface area contributed by atoms with Gasteiger partial charge in [-0.3, -0.25) is 0 Å². The van der Waals surface area contributed by atoms with Crippen molar-refractivity contribution in [3.8, 4) is 0 Å². The second kappa shape index (κ2) is 6.11. The highest BCUT2D eigenvalue weighted by Gasteiger charge is 2.37. The third kappa shape index (κ3) is 3.49. The van der Waals surface area contributed by atoms with Crippen LogP contribution in [0.5, 0.6) is 0 Å².